The predicted molar refractivity (Wildman–Crippen MR) is 119 cm³/mol. The first kappa shape index (κ1) is 20.3. The van der Waals surface area contributed by atoms with E-state index in [2.05, 4.69) is 22.1 Å². The van der Waals surface area contributed by atoms with E-state index < -0.39 is 0 Å². The van der Waals surface area contributed by atoms with E-state index in [1.54, 1.807) is 11.8 Å². The summed E-state index contributed by atoms with van der Waals surface area (Å²) in [6.07, 6.45) is 0. The number of carbonyl (C=O) groups is 1. The third kappa shape index (κ3) is 3.87. The van der Waals surface area contributed by atoms with E-state index in [1.165, 1.54) is 0 Å². The third-order valence-electron chi connectivity index (χ3n) is 5.57. The maximum absolute atomic E-state index is 12.9. The maximum atomic E-state index is 12.9. The van der Waals surface area contributed by atoms with Crippen molar-refractivity contribution >= 4 is 23.2 Å². The number of methoxy groups -OCH3 is 1. The summed E-state index contributed by atoms with van der Waals surface area (Å²) in [5.74, 6) is 0.904. The molecular formula is C23H25ClN4O2. The average Bonchev–Trinajstić information content (AvgIpc) is 3.06. The van der Waals surface area contributed by atoms with Gasteiger partial charge in [0.25, 0.3) is 5.91 Å². The lowest BCUT2D eigenvalue weighted by Gasteiger charge is -2.36. The molecule has 1 saturated heterocycles. The number of halogens is 1. The summed E-state index contributed by atoms with van der Waals surface area (Å²) in [6, 6.07) is 15.6. The zero-order chi connectivity index (χ0) is 21.3. The molecule has 1 fully saturated rings. The van der Waals surface area contributed by atoms with Gasteiger partial charge in [0, 0.05) is 37.4 Å². The highest BCUT2D eigenvalue weighted by Crippen LogP contribution is 2.24. The molecule has 0 bridgehead atoms. The molecule has 0 N–H and O–H groups in total. The van der Waals surface area contributed by atoms with E-state index in [-0.39, 0.29) is 5.91 Å². The standard InChI is InChI=1S/C23H25ClN4O2/c1-16-22(24)17(2)28(25-16)20-6-4-18(5-7-20)23(29)27-14-12-26(13-15-27)19-8-10-21(30-3)11-9-19/h4-11H,12-15H2,1-3H3. The van der Waals surface area contributed by atoms with Gasteiger partial charge in [-0.3, -0.25) is 4.79 Å². The molecule has 0 saturated carbocycles. The van der Waals surface area contributed by atoms with E-state index in [0.29, 0.717) is 23.7 Å². The molecule has 3 aromatic rings. The van der Waals surface area contributed by atoms with E-state index in [4.69, 9.17) is 16.3 Å². The number of hydrogen-bond acceptors (Lipinski definition) is 4. The van der Waals surface area contributed by atoms with Gasteiger partial charge < -0.3 is 14.5 Å². The number of hydrogen-bond donors (Lipinski definition) is 0. The van der Waals surface area contributed by atoms with Crippen LogP contribution in [0.15, 0.2) is 48.5 Å². The van der Waals surface area contributed by atoms with Gasteiger partial charge in [-0.05, 0) is 62.4 Å². The third-order valence-corrected chi connectivity index (χ3v) is 6.11. The number of ether oxygens (including phenoxy) is 1. The van der Waals surface area contributed by atoms with Crippen molar-refractivity contribution in [1.82, 2.24) is 14.7 Å². The quantitative estimate of drug-likeness (QED) is 0.632. The minimum absolute atomic E-state index is 0.0577. The molecule has 2 heterocycles. The van der Waals surface area contributed by atoms with Crippen LogP contribution in [0.5, 0.6) is 5.75 Å². The normalized spacial score (nSPS) is 14.1. The maximum Gasteiger partial charge on any atom is 0.253 e. The van der Waals surface area contributed by atoms with Gasteiger partial charge in [-0.15, -0.1) is 0 Å². The van der Waals surface area contributed by atoms with Gasteiger partial charge in [0.1, 0.15) is 5.75 Å². The minimum atomic E-state index is 0.0577. The number of benzene rings is 2. The Hall–Kier alpha value is -2.99. The summed E-state index contributed by atoms with van der Waals surface area (Å²) in [4.78, 5) is 17.1. The molecule has 7 heteroatoms. The average molecular weight is 425 g/mol. The largest absolute Gasteiger partial charge is 0.497 e. The van der Waals surface area contributed by atoms with Crippen LogP contribution in [0.1, 0.15) is 21.7 Å². The summed E-state index contributed by atoms with van der Waals surface area (Å²) < 4.78 is 7.03. The van der Waals surface area contributed by atoms with Crippen molar-refractivity contribution in [2.45, 2.75) is 13.8 Å². The molecule has 1 aromatic heterocycles. The van der Waals surface area contributed by atoms with Gasteiger partial charge in [-0.25, -0.2) is 4.68 Å². The Labute approximate surface area is 181 Å². The second-order valence-electron chi connectivity index (χ2n) is 7.42. The zero-order valence-electron chi connectivity index (χ0n) is 17.4. The van der Waals surface area contributed by atoms with Crippen LogP contribution in [0, 0.1) is 13.8 Å². The van der Waals surface area contributed by atoms with Crippen molar-refractivity contribution in [2.75, 3.05) is 38.2 Å². The van der Waals surface area contributed by atoms with Crippen LogP contribution in [0.3, 0.4) is 0 Å². The van der Waals surface area contributed by atoms with Gasteiger partial charge >= 0.3 is 0 Å². The number of rotatable bonds is 4. The monoisotopic (exact) mass is 424 g/mol. The van der Waals surface area contributed by atoms with E-state index in [9.17, 15) is 4.79 Å². The first-order chi connectivity index (χ1) is 14.5. The summed E-state index contributed by atoms with van der Waals surface area (Å²) in [7, 11) is 1.66. The highest BCUT2D eigenvalue weighted by Gasteiger charge is 2.22. The van der Waals surface area contributed by atoms with Gasteiger partial charge in [0.15, 0.2) is 0 Å². The van der Waals surface area contributed by atoms with Gasteiger partial charge in [0.2, 0.25) is 0 Å². The Morgan fingerprint density at radius 3 is 2.07 bits per heavy atom. The van der Waals surface area contributed by atoms with Crippen LogP contribution in [0.2, 0.25) is 5.02 Å². The van der Waals surface area contributed by atoms with Gasteiger partial charge in [-0.2, -0.15) is 5.10 Å². The molecule has 2 aromatic carbocycles. The molecule has 4 rings (SSSR count). The molecule has 1 amide bonds. The van der Waals surface area contributed by atoms with E-state index in [1.807, 2.05) is 55.1 Å². The van der Waals surface area contributed by atoms with Crippen molar-refractivity contribution in [1.29, 1.82) is 0 Å². The first-order valence-electron chi connectivity index (χ1n) is 9.98. The predicted octanol–water partition coefficient (Wildman–Crippen LogP) is 4.11. The van der Waals surface area contributed by atoms with Crippen molar-refractivity contribution in [3.63, 3.8) is 0 Å². The highest BCUT2D eigenvalue weighted by atomic mass is 35.5. The summed E-state index contributed by atoms with van der Waals surface area (Å²) in [5, 5.41) is 5.14. The van der Waals surface area contributed by atoms with Gasteiger partial charge in [-0.1, -0.05) is 11.6 Å². The molecular weight excluding hydrogens is 400 g/mol. The Bertz CT molecular complexity index is 1040. The Kier molecular flexibility index (Phi) is 5.68. The van der Waals surface area contributed by atoms with Crippen LogP contribution in [0.4, 0.5) is 5.69 Å². The summed E-state index contributed by atoms with van der Waals surface area (Å²) >= 11 is 6.25. The molecule has 0 radical (unpaired) electrons. The van der Waals surface area contributed by atoms with Crippen LogP contribution < -0.4 is 9.64 Å². The molecule has 6 nitrogen and oxygen atoms in total. The minimum Gasteiger partial charge on any atom is -0.497 e. The van der Waals surface area contributed by atoms with Gasteiger partial charge in [0.05, 0.1) is 29.2 Å². The van der Waals surface area contributed by atoms with E-state index >= 15 is 0 Å². The molecule has 0 unspecified atom stereocenters. The highest BCUT2D eigenvalue weighted by molar-refractivity contribution is 6.31. The number of anilines is 1. The number of nitrogens with zero attached hydrogens (tertiary/aromatic N) is 4. The molecule has 0 atom stereocenters. The fourth-order valence-electron chi connectivity index (χ4n) is 3.76. The molecule has 156 valence electrons. The number of amides is 1. The topological polar surface area (TPSA) is 50.6 Å². The van der Waals surface area contributed by atoms with Crippen LogP contribution >= 0.6 is 11.6 Å². The van der Waals surface area contributed by atoms with E-state index in [0.717, 1.165) is 41.6 Å². The Morgan fingerprint density at radius 2 is 1.53 bits per heavy atom. The molecule has 0 spiro atoms. The lowest BCUT2D eigenvalue weighted by molar-refractivity contribution is 0.0747. The number of piperazine rings is 1. The van der Waals surface area contributed by atoms with Crippen LogP contribution in [-0.4, -0.2) is 53.9 Å². The van der Waals surface area contributed by atoms with Crippen molar-refractivity contribution < 1.29 is 9.53 Å². The SMILES string of the molecule is COc1ccc(N2CCN(C(=O)c3ccc(-n4nc(C)c(Cl)c4C)cc3)CC2)cc1. The molecule has 1 aliphatic rings. The fraction of sp³-hybridized carbons (Fsp3) is 0.304. The lowest BCUT2D eigenvalue weighted by Crippen LogP contribution is -2.48. The van der Waals surface area contributed by atoms with Crippen molar-refractivity contribution in [3.8, 4) is 11.4 Å². The molecule has 30 heavy (non-hydrogen) atoms. The van der Waals surface area contributed by atoms with Crippen LogP contribution in [-0.2, 0) is 0 Å². The van der Waals surface area contributed by atoms with Crippen molar-refractivity contribution in [3.05, 3.63) is 70.5 Å². The number of aromatic nitrogens is 2. The van der Waals surface area contributed by atoms with Crippen molar-refractivity contribution in [2.24, 2.45) is 0 Å². The lowest BCUT2D eigenvalue weighted by atomic mass is 10.1. The Morgan fingerprint density at radius 1 is 0.933 bits per heavy atom. The Balaban J connectivity index is 1.41. The number of carbonyl (C=O) groups excluding carboxylic acids is 1. The second kappa shape index (κ2) is 8.40. The molecule has 0 aliphatic carbocycles. The van der Waals surface area contributed by atoms with Crippen LogP contribution in [0.25, 0.3) is 5.69 Å². The molecule has 1 aliphatic heterocycles. The first-order valence-corrected chi connectivity index (χ1v) is 10.4. The number of aryl methyl sites for hydroxylation is 1. The summed E-state index contributed by atoms with van der Waals surface area (Å²) in [5.41, 5.74) is 4.41. The second-order valence-corrected chi connectivity index (χ2v) is 7.80. The summed E-state index contributed by atoms with van der Waals surface area (Å²) in [6.45, 7) is 6.82. The smallest absolute Gasteiger partial charge is 0.253 e. The zero-order valence-corrected chi connectivity index (χ0v) is 18.2. The fourth-order valence-corrected chi connectivity index (χ4v) is 3.88.